The second-order valence-electron chi connectivity index (χ2n) is 11.5. The fourth-order valence-corrected chi connectivity index (χ4v) is 5.14. The van der Waals surface area contributed by atoms with Gasteiger partial charge < -0.3 is 19.8 Å². The molecule has 0 saturated heterocycles. The number of fused-ring (bicyclic) bond motifs is 1. The van der Waals surface area contributed by atoms with Gasteiger partial charge in [0.1, 0.15) is 30.3 Å². The van der Waals surface area contributed by atoms with Crippen molar-refractivity contribution in [2.24, 2.45) is 0 Å². The molecule has 9 nitrogen and oxygen atoms in total. The van der Waals surface area contributed by atoms with Crippen molar-refractivity contribution < 1.29 is 19.1 Å². The molecule has 0 saturated carbocycles. The Morgan fingerprint density at radius 2 is 1.73 bits per heavy atom. The highest BCUT2D eigenvalue weighted by molar-refractivity contribution is 6.03. The number of nitrogens with zero attached hydrogens (tertiary/aromatic N) is 2. The SMILES string of the molecule is C=CCCCN(C(=O)Nc1c(C(C)C)cc(-c2cccc(OCCOC(C)=O)c2)cc1C(C)C)c1cc2cccnc2[nH]c1=O. The number of unbranched alkanes of at least 4 members (excludes halogenated alkanes) is 1. The molecule has 9 heteroatoms. The summed E-state index contributed by atoms with van der Waals surface area (Å²) in [5, 5.41) is 3.94. The fourth-order valence-electron chi connectivity index (χ4n) is 5.14. The zero-order valence-electron chi connectivity index (χ0n) is 26.7. The van der Waals surface area contributed by atoms with E-state index in [1.165, 1.54) is 11.8 Å². The number of H-pyrrole nitrogens is 1. The number of allylic oxidation sites excluding steroid dienone is 1. The highest BCUT2D eigenvalue weighted by Crippen LogP contribution is 2.38. The van der Waals surface area contributed by atoms with Gasteiger partial charge in [0.2, 0.25) is 0 Å². The smallest absolute Gasteiger partial charge is 0.326 e. The van der Waals surface area contributed by atoms with Crippen molar-refractivity contribution in [2.45, 2.75) is 59.3 Å². The number of nitrogens with one attached hydrogen (secondary N) is 2. The minimum atomic E-state index is -0.382. The van der Waals surface area contributed by atoms with E-state index in [9.17, 15) is 14.4 Å². The topological polar surface area (TPSA) is 114 Å². The lowest BCUT2D eigenvalue weighted by atomic mass is 9.88. The summed E-state index contributed by atoms with van der Waals surface area (Å²) in [5.74, 6) is 0.499. The Labute approximate surface area is 264 Å². The van der Waals surface area contributed by atoms with Crippen molar-refractivity contribution in [3.63, 3.8) is 0 Å². The van der Waals surface area contributed by atoms with Gasteiger partial charge in [0.25, 0.3) is 5.56 Å². The van der Waals surface area contributed by atoms with Crippen molar-refractivity contribution in [3.05, 3.63) is 94.9 Å². The molecule has 0 radical (unpaired) electrons. The molecule has 0 aliphatic heterocycles. The first-order valence-electron chi connectivity index (χ1n) is 15.3. The molecule has 4 rings (SSSR count). The van der Waals surface area contributed by atoms with Gasteiger partial charge in [0.05, 0.1) is 0 Å². The van der Waals surface area contributed by atoms with Crippen LogP contribution in [0.5, 0.6) is 5.75 Å². The van der Waals surface area contributed by atoms with E-state index in [0.29, 0.717) is 30.8 Å². The van der Waals surface area contributed by atoms with Crippen LogP contribution in [0, 0.1) is 0 Å². The van der Waals surface area contributed by atoms with E-state index in [1.807, 2.05) is 30.3 Å². The van der Waals surface area contributed by atoms with Gasteiger partial charge in [-0.3, -0.25) is 14.5 Å². The largest absolute Gasteiger partial charge is 0.490 e. The first-order chi connectivity index (χ1) is 21.6. The van der Waals surface area contributed by atoms with Gasteiger partial charge in [-0.25, -0.2) is 9.78 Å². The Balaban J connectivity index is 1.71. The summed E-state index contributed by atoms with van der Waals surface area (Å²) in [6.07, 6.45) is 4.77. The number of urea groups is 1. The summed E-state index contributed by atoms with van der Waals surface area (Å²) in [6.45, 7) is 14.3. The Bertz CT molecular complexity index is 1700. The number of pyridine rings is 2. The van der Waals surface area contributed by atoms with Crippen LogP contribution in [0.2, 0.25) is 0 Å². The number of carbonyl (C=O) groups is 2. The molecule has 0 spiro atoms. The van der Waals surface area contributed by atoms with Gasteiger partial charge in [-0.1, -0.05) is 45.9 Å². The molecule has 0 fully saturated rings. The molecule has 0 aliphatic carbocycles. The molecule has 0 unspecified atom stereocenters. The summed E-state index contributed by atoms with van der Waals surface area (Å²) < 4.78 is 10.8. The maximum absolute atomic E-state index is 14.1. The maximum atomic E-state index is 14.1. The zero-order valence-corrected chi connectivity index (χ0v) is 26.7. The van der Waals surface area contributed by atoms with E-state index in [1.54, 1.807) is 24.4 Å². The van der Waals surface area contributed by atoms with Gasteiger partial charge >= 0.3 is 12.0 Å². The van der Waals surface area contributed by atoms with Crippen LogP contribution in [0.15, 0.2) is 78.2 Å². The number of ether oxygens (including phenoxy) is 2. The number of aromatic amines is 1. The molecular weight excluding hydrogens is 568 g/mol. The number of carbonyl (C=O) groups excluding carboxylic acids is 2. The van der Waals surface area contributed by atoms with E-state index >= 15 is 0 Å². The number of rotatable bonds is 13. The normalized spacial score (nSPS) is 11.1. The number of hydrogen-bond acceptors (Lipinski definition) is 6. The van der Waals surface area contributed by atoms with Crippen LogP contribution in [0.3, 0.4) is 0 Å². The third-order valence-electron chi connectivity index (χ3n) is 7.42. The van der Waals surface area contributed by atoms with Crippen LogP contribution in [-0.2, 0) is 9.53 Å². The monoisotopic (exact) mass is 610 g/mol. The van der Waals surface area contributed by atoms with Crippen LogP contribution < -0.4 is 20.5 Å². The molecule has 0 bridgehead atoms. The number of esters is 1. The number of amides is 2. The van der Waals surface area contributed by atoms with E-state index in [2.05, 4.69) is 61.7 Å². The quantitative estimate of drug-likeness (QED) is 0.0908. The molecule has 2 aromatic carbocycles. The average Bonchev–Trinajstić information content (AvgIpc) is 3.01. The molecule has 4 aromatic rings. The third kappa shape index (κ3) is 8.38. The second kappa shape index (κ2) is 15.2. The van der Waals surface area contributed by atoms with Crippen molar-refractivity contribution in [1.82, 2.24) is 9.97 Å². The van der Waals surface area contributed by atoms with Crippen LogP contribution in [-0.4, -0.2) is 41.7 Å². The molecule has 0 aliphatic rings. The molecule has 236 valence electrons. The lowest BCUT2D eigenvalue weighted by Gasteiger charge is -2.27. The van der Waals surface area contributed by atoms with Crippen LogP contribution in [0.25, 0.3) is 22.2 Å². The fraction of sp³-hybridized carbons (Fsp3) is 0.333. The number of hydrogen-bond donors (Lipinski definition) is 2. The summed E-state index contributed by atoms with van der Waals surface area (Å²) in [4.78, 5) is 46.9. The summed E-state index contributed by atoms with van der Waals surface area (Å²) in [5.41, 5.74) is 5.01. The number of anilines is 2. The molecule has 2 heterocycles. The first kappa shape index (κ1) is 33.0. The van der Waals surface area contributed by atoms with Crippen molar-refractivity contribution >= 4 is 34.4 Å². The van der Waals surface area contributed by atoms with Crippen LogP contribution in [0.1, 0.15) is 70.4 Å². The Kier molecular flexibility index (Phi) is 11.1. The molecule has 45 heavy (non-hydrogen) atoms. The predicted molar refractivity (Wildman–Crippen MR) is 180 cm³/mol. The van der Waals surface area contributed by atoms with E-state index in [4.69, 9.17) is 9.47 Å². The highest BCUT2D eigenvalue weighted by atomic mass is 16.6. The third-order valence-corrected chi connectivity index (χ3v) is 7.42. The average molecular weight is 611 g/mol. The van der Waals surface area contributed by atoms with Crippen molar-refractivity contribution in [1.29, 1.82) is 0 Å². The molecule has 2 aromatic heterocycles. The van der Waals surface area contributed by atoms with Gasteiger partial charge in [-0.05, 0) is 89.4 Å². The second-order valence-corrected chi connectivity index (χ2v) is 11.5. The lowest BCUT2D eigenvalue weighted by molar-refractivity contribution is -0.141. The van der Waals surface area contributed by atoms with Gasteiger partial charge in [-0.15, -0.1) is 6.58 Å². The minimum absolute atomic E-state index is 0.0882. The zero-order chi connectivity index (χ0) is 32.5. The Hall–Kier alpha value is -4.92. The van der Waals surface area contributed by atoms with Gasteiger partial charge in [-0.2, -0.15) is 0 Å². The van der Waals surface area contributed by atoms with Crippen molar-refractivity contribution in [2.75, 3.05) is 30.0 Å². The summed E-state index contributed by atoms with van der Waals surface area (Å²) >= 11 is 0. The number of aromatic nitrogens is 2. The summed E-state index contributed by atoms with van der Waals surface area (Å²) in [6, 6.07) is 16.9. The van der Waals surface area contributed by atoms with Crippen LogP contribution in [0.4, 0.5) is 16.2 Å². The molecule has 2 N–H and O–H groups in total. The lowest BCUT2D eigenvalue weighted by Crippen LogP contribution is -2.39. The Morgan fingerprint density at radius 1 is 1.00 bits per heavy atom. The predicted octanol–water partition coefficient (Wildman–Crippen LogP) is 7.78. The molecule has 0 atom stereocenters. The summed E-state index contributed by atoms with van der Waals surface area (Å²) in [7, 11) is 0. The minimum Gasteiger partial charge on any atom is -0.490 e. The van der Waals surface area contributed by atoms with E-state index in [0.717, 1.165) is 33.3 Å². The highest BCUT2D eigenvalue weighted by Gasteiger charge is 2.24. The van der Waals surface area contributed by atoms with Crippen molar-refractivity contribution in [3.8, 4) is 16.9 Å². The van der Waals surface area contributed by atoms with E-state index < -0.39 is 0 Å². The van der Waals surface area contributed by atoms with Gasteiger partial charge in [0, 0.05) is 30.7 Å². The van der Waals surface area contributed by atoms with Gasteiger partial charge in [0.15, 0.2) is 0 Å². The first-order valence-corrected chi connectivity index (χ1v) is 15.3. The maximum Gasteiger partial charge on any atom is 0.326 e. The molecule has 2 amide bonds. The standard InChI is InChI=1S/C36H42N4O5/c1-7-8-9-16-40(32-22-27-13-11-15-37-34(27)39-35(32)42)36(43)38-33-30(23(2)3)20-28(21-31(33)24(4)5)26-12-10-14-29(19-26)45-18-17-44-25(6)41/h7,10-15,19-24H,1,8-9,16-18H2,2-6H3,(H,38,43)(H,37,39,42). The molecular formula is C36H42N4O5. The number of benzene rings is 2. The Morgan fingerprint density at radius 3 is 2.40 bits per heavy atom. The van der Waals surface area contributed by atoms with E-state index in [-0.39, 0.29) is 48.3 Å². The van der Waals surface area contributed by atoms with Crippen LogP contribution >= 0.6 is 0 Å².